The molecule has 5 nitrogen and oxygen atoms in total. The predicted octanol–water partition coefficient (Wildman–Crippen LogP) is 2.35. The van der Waals surface area contributed by atoms with Crippen molar-refractivity contribution < 1.29 is 9.53 Å². The van der Waals surface area contributed by atoms with Crippen LogP contribution in [0.15, 0.2) is 27.8 Å². The number of carbonyl (C=O) groups excluding carboxylic acids is 1. The number of carbonyl (C=O) groups is 1. The Bertz CT molecular complexity index is 876. The number of rotatable bonds is 4. The van der Waals surface area contributed by atoms with Crippen LogP contribution in [0.25, 0.3) is 11.1 Å². The van der Waals surface area contributed by atoms with Gasteiger partial charge in [0.15, 0.2) is 0 Å². The van der Waals surface area contributed by atoms with Gasteiger partial charge in [-0.25, -0.2) is 0 Å². The minimum absolute atomic E-state index is 0.223. The first-order valence-electron chi connectivity index (χ1n) is 8.76. The minimum atomic E-state index is -0.447. The van der Waals surface area contributed by atoms with E-state index in [0.717, 1.165) is 29.5 Å². The molecular formula is C20H23NO4. The number of piperidine rings is 1. The van der Waals surface area contributed by atoms with E-state index in [1.54, 1.807) is 6.92 Å². The molecule has 1 fully saturated rings. The number of nitrogens with zero attached hydrogens (tertiary/aromatic N) is 1. The van der Waals surface area contributed by atoms with Gasteiger partial charge in [0.25, 0.3) is 0 Å². The summed E-state index contributed by atoms with van der Waals surface area (Å²) < 4.78 is 5.12. The Balaban J connectivity index is 1.92. The van der Waals surface area contributed by atoms with E-state index in [2.05, 4.69) is 0 Å². The molecule has 3 rings (SSSR count). The molecule has 1 heterocycles. The monoisotopic (exact) mass is 341 g/mol. The lowest BCUT2D eigenvalue weighted by atomic mass is 9.92. The van der Waals surface area contributed by atoms with E-state index in [1.165, 1.54) is 0 Å². The normalized spacial score (nSPS) is 17.7. The first-order valence-corrected chi connectivity index (χ1v) is 8.76. The molecule has 0 spiro atoms. The van der Waals surface area contributed by atoms with Crippen LogP contribution in [0, 0.1) is 19.8 Å². The Hall–Kier alpha value is -2.43. The summed E-state index contributed by atoms with van der Waals surface area (Å²) in [4.78, 5) is 38.4. The molecule has 2 aromatic rings. The number of benzene rings is 1. The highest BCUT2D eigenvalue weighted by atomic mass is 16.5. The fourth-order valence-corrected chi connectivity index (χ4v) is 3.48. The summed E-state index contributed by atoms with van der Waals surface area (Å²) in [5, 5.41) is 0. The average Bonchev–Trinajstić information content (AvgIpc) is 2.61. The van der Waals surface area contributed by atoms with Crippen molar-refractivity contribution in [3.05, 3.63) is 49.8 Å². The molecule has 132 valence electrons. The molecule has 2 aromatic carbocycles. The van der Waals surface area contributed by atoms with Crippen molar-refractivity contribution in [2.24, 2.45) is 5.92 Å². The van der Waals surface area contributed by atoms with Crippen molar-refractivity contribution >= 4 is 11.7 Å². The van der Waals surface area contributed by atoms with Crippen LogP contribution in [0.4, 0.5) is 5.69 Å². The lowest BCUT2D eigenvalue weighted by molar-refractivity contribution is -0.148. The maximum absolute atomic E-state index is 12.2. The van der Waals surface area contributed by atoms with Gasteiger partial charge in [-0.15, -0.1) is 0 Å². The second-order valence-corrected chi connectivity index (χ2v) is 6.72. The first kappa shape index (κ1) is 17.4. The van der Waals surface area contributed by atoms with Crippen LogP contribution in [0.5, 0.6) is 0 Å². The molecule has 0 saturated carbocycles. The highest BCUT2D eigenvalue weighted by Gasteiger charge is 2.33. The molecule has 0 bridgehead atoms. The van der Waals surface area contributed by atoms with Crippen molar-refractivity contribution in [3.63, 3.8) is 0 Å². The van der Waals surface area contributed by atoms with Gasteiger partial charge >= 0.3 is 5.97 Å². The minimum Gasteiger partial charge on any atom is -0.466 e. The van der Waals surface area contributed by atoms with Gasteiger partial charge in [0.05, 0.1) is 18.1 Å². The molecule has 25 heavy (non-hydrogen) atoms. The molecule has 1 saturated heterocycles. The Morgan fingerprint density at radius 1 is 1.20 bits per heavy atom. The fourth-order valence-electron chi connectivity index (χ4n) is 3.48. The standard InChI is InChI=1S/C20H23NO4/c1-4-25-20(24)15-6-5-9-21(11-15)17-16(18(22)19(17)23)14-8-7-12(2)13(3)10-14/h7-8,10,15H,4-6,9,11H2,1-3H3/t15-/m0/s1. The topological polar surface area (TPSA) is 63.7 Å². The number of esters is 1. The smallest absolute Gasteiger partial charge is 0.310 e. The van der Waals surface area contributed by atoms with Crippen LogP contribution in [0.1, 0.15) is 30.9 Å². The van der Waals surface area contributed by atoms with Gasteiger partial charge in [-0.3, -0.25) is 14.4 Å². The highest BCUT2D eigenvalue weighted by Crippen LogP contribution is 2.31. The third-order valence-electron chi connectivity index (χ3n) is 5.04. The van der Waals surface area contributed by atoms with Crippen molar-refractivity contribution in [2.75, 3.05) is 24.6 Å². The van der Waals surface area contributed by atoms with E-state index in [4.69, 9.17) is 4.74 Å². The Morgan fingerprint density at radius 3 is 2.64 bits per heavy atom. The van der Waals surface area contributed by atoms with Crippen LogP contribution in [-0.4, -0.2) is 25.7 Å². The van der Waals surface area contributed by atoms with Crippen LogP contribution in [0.2, 0.25) is 0 Å². The number of hydrogen-bond acceptors (Lipinski definition) is 5. The van der Waals surface area contributed by atoms with E-state index in [-0.39, 0.29) is 11.9 Å². The second-order valence-electron chi connectivity index (χ2n) is 6.72. The molecule has 1 aliphatic heterocycles. The zero-order valence-corrected chi connectivity index (χ0v) is 14.9. The van der Waals surface area contributed by atoms with Gasteiger partial charge in [0.2, 0.25) is 10.9 Å². The predicted molar refractivity (Wildman–Crippen MR) is 97.8 cm³/mol. The Kier molecular flexibility index (Phi) is 4.75. The van der Waals surface area contributed by atoms with Crippen LogP contribution in [0.3, 0.4) is 0 Å². The summed E-state index contributed by atoms with van der Waals surface area (Å²) >= 11 is 0. The molecule has 0 aromatic heterocycles. The highest BCUT2D eigenvalue weighted by molar-refractivity contribution is 5.84. The molecule has 0 aliphatic carbocycles. The maximum Gasteiger partial charge on any atom is 0.310 e. The van der Waals surface area contributed by atoms with Gasteiger partial charge in [-0.05, 0) is 50.3 Å². The van der Waals surface area contributed by atoms with Gasteiger partial charge in [0, 0.05) is 13.1 Å². The van der Waals surface area contributed by atoms with E-state index in [9.17, 15) is 14.4 Å². The first-order chi connectivity index (χ1) is 11.9. The van der Waals surface area contributed by atoms with E-state index < -0.39 is 10.9 Å². The van der Waals surface area contributed by atoms with Crippen LogP contribution in [-0.2, 0) is 9.53 Å². The number of aryl methyl sites for hydroxylation is 2. The number of hydrogen-bond donors (Lipinski definition) is 0. The molecule has 0 N–H and O–H groups in total. The Morgan fingerprint density at radius 2 is 1.96 bits per heavy atom. The average molecular weight is 341 g/mol. The largest absolute Gasteiger partial charge is 0.466 e. The zero-order chi connectivity index (χ0) is 18.1. The lowest BCUT2D eigenvalue weighted by Gasteiger charge is -2.34. The van der Waals surface area contributed by atoms with Crippen LogP contribution < -0.4 is 15.8 Å². The summed E-state index contributed by atoms with van der Waals surface area (Å²) in [6.45, 7) is 7.24. The summed E-state index contributed by atoms with van der Waals surface area (Å²) in [6, 6.07) is 5.79. The van der Waals surface area contributed by atoms with Crippen LogP contribution >= 0.6 is 0 Å². The van der Waals surface area contributed by atoms with E-state index >= 15 is 0 Å². The van der Waals surface area contributed by atoms with Gasteiger partial charge in [-0.1, -0.05) is 18.2 Å². The quantitative estimate of drug-likeness (QED) is 0.631. The molecule has 1 atom stereocenters. The third kappa shape index (κ3) is 3.11. The fraction of sp³-hybridized carbons (Fsp3) is 0.450. The molecule has 0 radical (unpaired) electrons. The number of anilines is 1. The second kappa shape index (κ2) is 6.82. The van der Waals surface area contributed by atoms with Crippen molar-refractivity contribution in [3.8, 4) is 11.1 Å². The summed E-state index contributed by atoms with van der Waals surface area (Å²) in [5.74, 6) is -0.468. The van der Waals surface area contributed by atoms with Gasteiger partial charge in [0.1, 0.15) is 5.69 Å². The molecular weight excluding hydrogens is 318 g/mol. The van der Waals surface area contributed by atoms with E-state index in [0.29, 0.717) is 30.9 Å². The van der Waals surface area contributed by atoms with Crippen molar-refractivity contribution in [2.45, 2.75) is 33.6 Å². The summed E-state index contributed by atoms with van der Waals surface area (Å²) in [5.41, 5.74) is 3.07. The van der Waals surface area contributed by atoms with E-state index in [1.807, 2.05) is 36.9 Å². The summed E-state index contributed by atoms with van der Waals surface area (Å²) in [6.07, 6.45) is 1.55. The molecule has 0 amide bonds. The SMILES string of the molecule is CCOC(=O)[C@H]1CCCN(c2c(-c3ccc(C)c(C)c3)c(=O)c2=O)C1. The van der Waals surface area contributed by atoms with Crippen molar-refractivity contribution in [1.29, 1.82) is 0 Å². The van der Waals surface area contributed by atoms with Gasteiger partial charge < -0.3 is 9.64 Å². The molecule has 0 unspecified atom stereocenters. The third-order valence-corrected chi connectivity index (χ3v) is 5.04. The maximum atomic E-state index is 12.2. The zero-order valence-electron chi connectivity index (χ0n) is 14.9. The lowest BCUT2D eigenvalue weighted by Crippen LogP contribution is -2.47. The number of ether oxygens (including phenoxy) is 1. The van der Waals surface area contributed by atoms with Crippen molar-refractivity contribution in [1.82, 2.24) is 0 Å². The van der Waals surface area contributed by atoms with Gasteiger partial charge in [-0.2, -0.15) is 0 Å². The Labute approximate surface area is 146 Å². The molecule has 1 aliphatic rings. The summed E-state index contributed by atoms with van der Waals surface area (Å²) in [7, 11) is 0. The molecule has 5 heteroatoms.